The number of rotatable bonds is 11. The van der Waals surface area contributed by atoms with E-state index in [-0.39, 0.29) is 41.2 Å². The number of carbonyl (C=O) groups is 1. The summed E-state index contributed by atoms with van der Waals surface area (Å²) in [6.45, 7) is 1.15. The number of hydrogen-bond acceptors (Lipinski definition) is 10. The van der Waals surface area contributed by atoms with E-state index < -0.39 is 39.3 Å². The summed E-state index contributed by atoms with van der Waals surface area (Å²) in [5, 5.41) is 8.06. The molecule has 0 saturated carbocycles. The van der Waals surface area contributed by atoms with Crippen LogP contribution in [0.2, 0.25) is 0 Å². The summed E-state index contributed by atoms with van der Waals surface area (Å²) in [7, 11) is 2.17. The quantitative estimate of drug-likeness (QED) is 0.261. The fraction of sp³-hybridized carbons (Fsp3) is 0.393. The van der Waals surface area contributed by atoms with Crippen molar-refractivity contribution in [1.82, 2.24) is 20.2 Å². The van der Waals surface area contributed by atoms with Crippen LogP contribution in [-0.2, 0) is 22.7 Å². The van der Waals surface area contributed by atoms with E-state index in [1.165, 1.54) is 45.5 Å². The maximum absolute atomic E-state index is 15.1. The largest absolute Gasteiger partial charge is 0.497 e. The fourth-order valence-electron chi connectivity index (χ4n) is 4.69. The summed E-state index contributed by atoms with van der Waals surface area (Å²) < 4.78 is 92.7. The van der Waals surface area contributed by atoms with E-state index in [1.807, 2.05) is 11.9 Å². The van der Waals surface area contributed by atoms with Gasteiger partial charge in [-0.15, -0.1) is 0 Å². The van der Waals surface area contributed by atoms with E-state index in [4.69, 9.17) is 9.47 Å². The molecule has 1 saturated heterocycles. The number of ether oxygens (including phenoxy) is 2. The predicted molar refractivity (Wildman–Crippen MR) is 160 cm³/mol. The number of aromatic nitrogens is 2. The molecule has 244 valence electrons. The first kappa shape index (κ1) is 33.5. The highest BCUT2D eigenvalue weighted by molar-refractivity contribution is 7.92. The molecule has 1 atom stereocenters. The summed E-state index contributed by atoms with van der Waals surface area (Å²) in [6, 6.07) is 6.48. The van der Waals surface area contributed by atoms with Crippen molar-refractivity contribution < 1.29 is 40.2 Å². The Bertz CT molecular complexity index is 1670. The Morgan fingerprint density at radius 3 is 2.51 bits per heavy atom. The van der Waals surface area contributed by atoms with E-state index in [9.17, 15) is 26.4 Å². The van der Waals surface area contributed by atoms with Gasteiger partial charge in [0, 0.05) is 44.5 Å². The van der Waals surface area contributed by atoms with Gasteiger partial charge in [-0.25, -0.2) is 17.8 Å². The van der Waals surface area contributed by atoms with Gasteiger partial charge < -0.3 is 30.3 Å². The lowest BCUT2D eigenvalue weighted by Crippen LogP contribution is -2.36. The summed E-state index contributed by atoms with van der Waals surface area (Å²) in [5.74, 6) is -2.12. The molecule has 0 aliphatic carbocycles. The van der Waals surface area contributed by atoms with Crippen LogP contribution >= 0.6 is 0 Å². The standard InChI is InChI=1S/C28H33F4N7O5S/c1-38-9-8-17(15-38)35-26(40)19-11-24(44-4)22(12-21(19)29)36-27-34-14-20(28(30,31)32)25(37-27)33-13-16-6-7-18(43-3)10-23(16)39(2)45(5,41)42/h6-7,10-12,14,17H,8-9,13,15H2,1-5H3,(H,35,40)(H2,33,34,36,37). The van der Waals surface area contributed by atoms with E-state index in [1.54, 1.807) is 0 Å². The first-order chi connectivity index (χ1) is 21.1. The topological polar surface area (TPSA) is 138 Å². The molecule has 1 unspecified atom stereocenters. The van der Waals surface area contributed by atoms with Gasteiger partial charge in [0.15, 0.2) is 0 Å². The van der Waals surface area contributed by atoms with Crippen LogP contribution < -0.4 is 29.7 Å². The molecule has 1 fully saturated rings. The smallest absolute Gasteiger partial charge is 0.421 e. The van der Waals surface area contributed by atoms with Crippen molar-refractivity contribution in [2.24, 2.45) is 0 Å². The van der Waals surface area contributed by atoms with Crippen molar-refractivity contribution in [3.8, 4) is 11.5 Å². The molecular formula is C28H33F4N7O5S. The van der Waals surface area contributed by atoms with Crippen LogP contribution in [0, 0.1) is 5.82 Å². The Hall–Kier alpha value is -4.38. The summed E-state index contributed by atoms with van der Waals surface area (Å²) >= 11 is 0. The first-order valence-electron chi connectivity index (χ1n) is 13.5. The molecule has 1 aliphatic heterocycles. The molecule has 1 amide bonds. The van der Waals surface area contributed by atoms with Crippen LogP contribution in [0.3, 0.4) is 0 Å². The molecule has 3 aromatic rings. The number of nitrogens with one attached hydrogen (secondary N) is 3. The number of alkyl halides is 3. The molecule has 1 aliphatic rings. The highest BCUT2D eigenvalue weighted by Gasteiger charge is 2.35. The van der Waals surface area contributed by atoms with Crippen LogP contribution in [0.15, 0.2) is 36.5 Å². The third-order valence-corrected chi connectivity index (χ3v) is 8.37. The molecule has 2 aromatic carbocycles. The van der Waals surface area contributed by atoms with Gasteiger partial charge in [-0.2, -0.15) is 18.2 Å². The number of likely N-dealkylation sites (N-methyl/N-ethyl adjacent to an activating group) is 1. The van der Waals surface area contributed by atoms with Crippen molar-refractivity contribution in [2.75, 3.05) is 62.6 Å². The van der Waals surface area contributed by atoms with Gasteiger partial charge in [-0.1, -0.05) is 6.07 Å². The maximum Gasteiger partial charge on any atom is 0.421 e. The zero-order chi connectivity index (χ0) is 33.1. The van der Waals surface area contributed by atoms with Gasteiger partial charge in [0.2, 0.25) is 16.0 Å². The Balaban J connectivity index is 1.62. The second kappa shape index (κ2) is 13.3. The fourth-order valence-corrected chi connectivity index (χ4v) is 5.21. The first-order valence-corrected chi connectivity index (χ1v) is 15.4. The van der Waals surface area contributed by atoms with Crippen molar-refractivity contribution in [1.29, 1.82) is 0 Å². The molecular weight excluding hydrogens is 622 g/mol. The Labute approximate surface area is 257 Å². The number of halogens is 4. The molecule has 45 heavy (non-hydrogen) atoms. The maximum atomic E-state index is 15.1. The number of nitrogens with zero attached hydrogens (tertiary/aromatic N) is 4. The summed E-state index contributed by atoms with van der Waals surface area (Å²) in [5.41, 5.74) is -0.995. The minimum absolute atomic E-state index is 0.0229. The lowest BCUT2D eigenvalue weighted by Gasteiger charge is -2.22. The zero-order valence-electron chi connectivity index (χ0n) is 25.1. The molecule has 12 nitrogen and oxygen atoms in total. The SMILES string of the molecule is COc1ccc(CNc2nc(Nc3cc(F)c(C(=O)NC4CCN(C)C4)cc3OC)ncc2C(F)(F)F)c(N(C)S(C)(=O)=O)c1. The molecule has 0 bridgehead atoms. The average Bonchev–Trinajstić information content (AvgIpc) is 3.38. The summed E-state index contributed by atoms with van der Waals surface area (Å²) in [6.07, 6.45) is -2.59. The molecule has 1 aromatic heterocycles. The average molecular weight is 656 g/mol. The third-order valence-electron chi connectivity index (χ3n) is 7.18. The number of amides is 1. The number of carbonyl (C=O) groups excluding carboxylic acids is 1. The highest BCUT2D eigenvalue weighted by atomic mass is 32.2. The number of anilines is 4. The van der Waals surface area contributed by atoms with Crippen LogP contribution in [0.25, 0.3) is 0 Å². The van der Waals surface area contributed by atoms with Gasteiger partial charge in [0.05, 0.1) is 37.4 Å². The highest BCUT2D eigenvalue weighted by Crippen LogP contribution is 2.36. The van der Waals surface area contributed by atoms with Crippen LogP contribution in [0.4, 0.5) is 40.7 Å². The minimum atomic E-state index is -4.85. The second-order valence-corrected chi connectivity index (χ2v) is 12.4. The second-order valence-electron chi connectivity index (χ2n) is 10.4. The number of benzene rings is 2. The van der Waals surface area contributed by atoms with Crippen molar-refractivity contribution >= 4 is 39.1 Å². The number of methoxy groups -OCH3 is 2. The van der Waals surface area contributed by atoms with Gasteiger partial charge in [-0.3, -0.25) is 9.10 Å². The Morgan fingerprint density at radius 2 is 1.91 bits per heavy atom. The monoisotopic (exact) mass is 655 g/mol. The van der Waals surface area contributed by atoms with Gasteiger partial charge in [0.25, 0.3) is 5.91 Å². The Morgan fingerprint density at radius 1 is 1.18 bits per heavy atom. The van der Waals surface area contributed by atoms with E-state index >= 15 is 4.39 Å². The van der Waals surface area contributed by atoms with Gasteiger partial charge >= 0.3 is 6.18 Å². The van der Waals surface area contributed by atoms with E-state index in [0.29, 0.717) is 24.1 Å². The van der Waals surface area contributed by atoms with Crippen LogP contribution in [0.1, 0.15) is 27.9 Å². The van der Waals surface area contributed by atoms with Gasteiger partial charge in [-0.05, 0) is 37.7 Å². The zero-order valence-corrected chi connectivity index (χ0v) is 25.9. The lowest BCUT2D eigenvalue weighted by molar-refractivity contribution is -0.137. The predicted octanol–water partition coefficient (Wildman–Crippen LogP) is 3.84. The normalized spacial score (nSPS) is 15.4. The van der Waals surface area contributed by atoms with Gasteiger partial charge in [0.1, 0.15) is 28.7 Å². The lowest BCUT2D eigenvalue weighted by atomic mass is 10.1. The molecule has 4 rings (SSSR count). The molecule has 0 spiro atoms. The molecule has 0 radical (unpaired) electrons. The Kier molecular flexibility index (Phi) is 9.92. The minimum Gasteiger partial charge on any atom is -0.497 e. The number of sulfonamides is 1. The number of hydrogen-bond donors (Lipinski definition) is 3. The summed E-state index contributed by atoms with van der Waals surface area (Å²) in [4.78, 5) is 22.5. The van der Waals surface area contributed by atoms with Crippen LogP contribution in [-0.4, -0.2) is 82.9 Å². The number of likely N-dealkylation sites (tertiary alicyclic amines) is 1. The third kappa shape index (κ3) is 8.02. The molecule has 17 heteroatoms. The van der Waals surface area contributed by atoms with E-state index in [0.717, 1.165) is 29.6 Å². The van der Waals surface area contributed by atoms with E-state index in [2.05, 4.69) is 25.9 Å². The molecule has 3 N–H and O–H groups in total. The van der Waals surface area contributed by atoms with Crippen LogP contribution in [0.5, 0.6) is 11.5 Å². The van der Waals surface area contributed by atoms with Crippen molar-refractivity contribution in [2.45, 2.75) is 25.2 Å². The van der Waals surface area contributed by atoms with Crippen molar-refractivity contribution in [3.05, 3.63) is 59.0 Å². The van der Waals surface area contributed by atoms with Crippen molar-refractivity contribution in [3.63, 3.8) is 0 Å². The molecule has 2 heterocycles.